The summed E-state index contributed by atoms with van der Waals surface area (Å²) in [4.78, 5) is 34.7. The highest BCUT2D eigenvalue weighted by atomic mass is 31.2. The van der Waals surface area contributed by atoms with Gasteiger partial charge in [-0.2, -0.15) is 0 Å². The molecule has 0 rings (SSSR count). The van der Waals surface area contributed by atoms with E-state index in [0.717, 1.165) is 51.4 Å². The number of aliphatic hydroxyl groups is 1. The predicted molar refractivity (Wildman–Crippen MR) is 209 cm³/mol. The minimum absolute atomic E-state index is 0.208. The fourth-order valence-corrected chi connectivity index (χ4v) is 6.71. The van der Waals surface area contributed by atoms with E-state index in [-0.39, 0.29) is 26.1 Å². The summed E-state index contributed by atoms with van der Waals surface area (Å²) in [5.74, 6) is -0.865. The highest BCUT2D eigenvalue weighted by Gasteiger charge is 2.26. The van der Waals surface area contributed by atoms with Crippen molar-refractivity contribution in [3.63, 3.8) is 0 Å². The number of allylic oxidation sites excluding steroid dienone is 2. The van der Waals surface area contributed by atoms with Crippen molar-refractivity contribution in [3.8, 4) is 0 Å². The standard InChI is InChI=1S/C41H79O9P/c1-3-5-7-9-11-13-15-17-19-21-23-25-27-29-31-33-40(43)47-37-39(38-49-51(45,46)48-36-35-42)50-41(44)34-32-30-28-26-24-22-20-18-16-14-12-10-8-6-4-2/h18,20,39,42H,3-17,19,21-38H2,1-2H3,(H,45,46). The van der Waals surface area contributed by atoms with Gasteiger partial charge < -0.3 is 19.5 Å². The third kappa shape index (κ3) is 38.3. The minimum Gasteiger partial charge on any atom is -0.462 e. The second-order valence-corrected chi connectivity index (χ2v) is 15.6. The number of rotatable bonds is 40. The average molecular weight is 747 g/mol. The Morgan fingerprint density at radius 2 is 0.941 bits per heavy atom. The molecule has 2 N–H and O–H groups in total. The van der Waals surface area contributed by atoms with Gasteiger partial charge in [-0.3, -0.25) is 18.6 Å². The monoisotopic (exact) mass is 747 g/mol. The molecule has 9 nitrogen and oxygen atoms in total. The average Bonchev–Trinajstić information content (AvgIpc) is 3.11. The van der Waals surface area contributed by atoms with Gasteiger partial charge in [0.1, 0.15) is 6.61 Å². The Bertz CT molecular complexity index is 851. The zero-order chi connectivity index (χ0) is 37.5. The van der Waals surface area contributed by atoms with Gasteiger partial charge in [0.05, 0.1) is 19.8 Å². The lowest BCUT2D eigenvalue weighted by atomic mass is 10.0. The molecule has 0 heterocycles. The first-order chi connectivity index (χ1) is 24.8. The van der Waals surface area contributed by atoms with Crippen LogP contribution in [0.4, 0.5) is 0 Å². The number of esters is 2. The Kier molecular flexibility index (Phi) is 37.5. The van der Waals surface area contributed by atoms with Crippen molar-refractivity contribution in [1.82, 2.24) is 0 Å². The van der Waals surface area contributed by atoms with E-state index in [2.05, 4.69) is 30.5 Å². The third-order valence-electron chi connectivity index (χ3n) is 9.12. The lowest BCUT2D eigenvalue weighted by molar-refractivity contribution is -0.161. The van der Waals surface area contributed by atoms with Crippen LogP contribution in [0, 0.1) is 0 Å². The van der Waals surface area contributed by atoms with Crippen molar-refractivity contribution in [3.05, 3.63) is 12.2 Å². The topological polar surface area (TPSA) is 129 Å². The van der Waals surface area contributed by atoms with Crippen molar-refractivity contribution in [1.29, 1.82) is 0 Å². The van der Waals surface area contributed by atoms with E-state index in [1.165, 1.54) is 122 Å². The van der Waals surface area contributed by atoms with Crippen molar-refractivity contribution >= 4 is 19.8 Å². The summed E-state index contributed by atoms with van der Waals surface area (Å²) in [7, 11) is -4.45. The summed E-state index contributed by atoms with van der Waals surface area (Å²) in [5, 5.41) is 8.86. The Morgan fingerprint density at radius 3 is 1.37 bits per heavy atom. The predicted octanol–water partition coefficient (Wildman–Crippen LogP) is 11.9. The number of aliphatic hydroxyl groups excluding tert-OH is 1. The molecule has 0 fully saturated rings. The molecule has 51 heavy (non-hydrogen) atoms. The molecule has 10 heteroatoms. The van der Waals surface area contributed by atoms with Crippen LogP contribution in [0.2, 0.25) is 0 Å². The van der Waals surface area contributed by atoms with E-state index in [9.17, 15) is 19.0 Å². The Morgan fingerprint density at radius 1 is 0.549 bits per heavy atom. The smallest absolute Gasteiger partial charge is 0.462 e. The number of hydrogen-bond acceptors (Lipinski definition) is 8. The molecule has 2 atom stereocenters. The van der Waals surface area contributed by atoms with E-state index >= 15 is 0 Å². The van der Waals surface area contributed by atoms with Crippen molar-refractivity contribution in [2.45, 2.75) is 213 Å². The number of unbranched alkanes of at least 4 members (excludes halogenated alkanes) is 25. The molecule has 0 aromatic carbocycles. The van der Waals surface area contributed by atoms with Crippen LogP contribution in [0.25, 0.3) is 0 Å². The first-order valence-corrected chi connectivity index (χ1v) is 22.6. The van der Waals surface area contributed by atoms with Gasteiger partial charge in [0.25, 0.3) is 0 Å². The molecule has 302 valence electrons. The molecule has 2 unspecified atom stereocenters. The van der Waals surface area contributed by atoms with E-state index < -0.39 is 39.1 Å². The SMILES string of the molecule is CCCCCCCCC=CCCCCCCCC(=O)OC(COC(=O)CCCCCCCCCCCCCCCCC)COP(=O)(O)OCCO. The second kappa shape index (κ2) is 38.5. The van der Waals surface area contributed by atoms with Crippen LogP contribution in [0.1, 0.15) is 206 Å². The van der Waals surface area contributed by atoms with Gasteiger partial charge in [-0.25, -0.2) is 4.57 Å². The summed E-state index contributed by atoms with van der Waals surface area (Å²) >= 11 is 0. The van der Waals surface area contributed by atoms with Gasteiger partial charge in [0.15, 0.2) is 6.10 Å². The molecule has 0 aliphatic heterocycles. The molecule has 0 bridgehead atoms. The summed E-state index contributed by atoms with van der Waals surface area (Å²) in [5.41, 5.74) is 0. The zero-order valence-electron chi connectivity index (χ0n) is 33.0. The maximum Gasteiger partial charge on any atom is 0.472 e. The number of ether oxygens (including phenoxy) is 2. The molecule has 0 radical (unpaired) electrons. The van der Waals surface area contributed by atoms with E-state index in [0.29, 0.717) is 6.42 Å². The Balaban J connectivity index is 4.15. The first-order valence-electron chi connectivity index (χ1n) is 21.1. The second-order valence-electron chi connectivity index (χ2n) is 14.2. The molecule has 0 amide bonds. The lowest BCUT2D eigenvalue weighted by Crippen LogP contribution is -2.29. The van der Waals surface area contributed by atoms with Crippen LogP contribution in [-0.4, -0.2) is 54.5 Å². The molecule has 0 saturated carbocycles. The fraction of sp³-hybridized carbons (Fsp3) is 0.902. The zero-order valence-corrected chi connectivity index (χ0v) is 33.9. The van der Waals surface area contributed by atoms with Crippen LogP contribution < -0.4 is 0 Å². The largest absolute Gasteiger partial charge is 0.472 e. The van der Waals surface area contributed by atoms with Gasteiger partial charge in [0.2, 0.25) is 0 Å². The van der Waals surface area contributed by atoms with Crippen LogP contribution in [0.5, 0.6) is 0 Å². The molecule has 0 aromatic heterocycles. The normalized spacial score (nSPS) is 13.4. The number of carbonyl (C=O) groups is 2. The molecule has 0 aromatic rings. The number of carbonyl (C=O) groups excluding carboxylic acids is 2. The van der Waals surface area contributed by atoms with Crippen molar-refractivity contribution < 1.29 is 42.7 Å². The highest BCUT2D eigenvalue weighted by molar-refractivity contribution is 7.47. The van der Waals surface area contributed by atoms with Gasteiger partial charge >= 0.3 is 19.8 Å². The van der Waals surface area contributed by atoms with Gasteiger partial charge in [-0.05, 0) is 38.5 Å². The Labute approximate surface area is 313 Å². The summed E-state index contributed by atoms with van der Waals surface area (Å²) in [6, 6.07) is 0. The summed E-state index contributed by atoms with van der Waals surface area (Å²) in [6.45, 7) is 2.94. The van der Waals surface area contributed by atoms with E-state index in [1.54, 1.807) is 0 Å². The fourth-order valence-electron chi connectivity index (χ4n) is 5.97. The van der Waals surface area contributed by atoms with Crippen LogP contribution >= 0.6 is 7.82 Å². The molecular formula is C41H79O9P. The molecule has 0 saturated heterocycles. The molecule has 0 spiro atoms. The number of phosphoric ester groups is 1. The molecular weight excluding hydrogens is 667 g/mol. The number of phosphoric acid groups is 1. The first kappa shape index (κ1) is 49.8. The minimum atomic E-state index is -4.45. The van der Waals surface area contributed by atoms with Crippen molar-refractivity contribution in [2.75, 3.05) is 26.4 Å². The maximum atomic E-state index is 12.5. The van der Waals surface area contributed by atoms with Crippen LogP contribution in [-0.2, 0) is 32.7 Å². The third-order valence-corrected chi connectivity index (χ3v) is 10.1. The Hall–Kier alpha value is -1.25. The summed E-state index contributed by atoms with van der Waals surface area (Å²) in [6.07, 6.45) is 37.8. The molecule has 0 aliphatic carbocycles. The lowest BCUT2D eigenvalue weighted by Gasteiger charge is -2.19. The quantitative estimate of drug-likeness (QED) is 0.0272. The van der Waals surface area contributed by atoms with E-state index in [1.807, 2.05) is 0 Å². The van der Waals surface area contributed by atoms with Crippen LogP contribution in [0.15, 0.2) is 12.2 Å². The highest BCUT2D eigenvalue weighted by Crippen LogP contribution is 2.43. The van der Waals surface area contributed by atoms with Gasteiger partial charge in [0, 0.05) is 12.8 Å². The van der Waals surface area contributed by atoms with Crippen molar-refractivity contribution in [2.24, 2.45) is 0 Å². The van der Waals surface area contributed by atoms with Gasteiger partial charge in [-0.1, -0.05) is 167 Å². The van der Waals surface area contributed by atoms with Gasteiger partial charge in [-0.15, -0.1) is 0 Å². The van der Waals surface area contributed by atoms with E-state index in [4.69, 9.17) is 19.1 Å². The number of hydrogen-bond donors (Lipinski definition) is 2. The summed E-state index contributed by atoms with van der Waals surface area (Å²) < 4.78 is 32.5. The maximum absolute atomic E-state index is 12.5. The van der Waals surface area contributed by atoms with Crippen LogP contribution in [0.3, 0.4) is 0 Å². The molecule has 0 aliphatic rings.